The predicted octanol–water partition coefficient (Wildman–Crippen LogP) is 10.3. The third-order valence-corrected chi connectivity index (χ3v) is 8.87. The molecule has 0 radical (unpaired) electrons. The first-order valence-corrected chi connectivity index (χ1v) is 15.9. The van der Waals surface area contributed by atoms with Crippen LogP contribution in [0.4, 0.5) is 0 Å². The molecule has 6 rings (SSSR count). The normalized spacial score (nSPS) is 10.7. The summed E-state index contributed by atoms with van der Waals surface area (Å²) < 4.78 is 14.1. The van der Waals surface area contributed by atoms with Gasteiger partial charge >= 0.3 is 14.8 Å². The minimum atomic E-state index is -2.27. The quantitative estimate of drug-likeness (QED) is 0.168. The number of hydrogen-bond donors (Lipinski definition) is 0. The summed E-state index contributed by atoms with van der Waals surface area (Å²) in [6.45, 7) is 2.16. The molecule has 0 N–H and O–H groups in total. The van der Waals surface area contributed by atoms with Crippen molar-refractivity contribution < 1.29 is 7.58 Å². The lowest BCUT2D eigenvalue weighted by atomic mass is 9.97. The number of rotatable bonds is 9. The molecule has 0 aliphatic rings. The van der Waals surface area contributed by atoms with Crippen LogP contribution >= 0.6 is 0 Å². The van der Waals surface area contributed by atoms with E-state index in [0.29, 0.717) is 0 Å². The first-order valence-electron chi connectivity index (χ1n) is 14.1. The van der Waals surface area contributed by atoms with Crippen LogP contribution in [0.5, 0.6) is 11.5 Å². The van der Waals surface area contributed by atoms with Gasteiger partial charge in [0.25, 0.3) is 0 Å². The minimum Gasteiger partial charge on any atom is -0.611 e. The van der Waals surface area contributed by atoms with Gasteiger partial charge in [0, 0.05) is 22.3 Å². The Bertz CT molecular complexity index is 1460. The molecule has 0 saturated carbocycles. The summed E-state index contributed by atoms with van der Waals surface area (Å²) in [5.74, 6) is 1.75. The van der Waals surface area contributed by atoms with E-state index in [0.717, 1.165) is 61.3 Å². The smallest absolute Gasteiger partial charge is 0.611 e. The lowest BCUT2D eigenvalue weighted by molar-refractivity contribution is 0.426. The molecule has 0 aromatic heterocycles. The van der Waals surface area contributed by atoms with Gasteiger partial charge in [-0.1, -0.05) is 165 Å². The molecule has 6 aromatic rings. The number of benzene rings is 6. The van der Waals surface area contributed by atoms with Crippen molar-refractivity contribution in [2.24, 2.45) is 0 Å². The average Bonchev–Trinajstić information content (AvgIpc) is 3.06. The Morgan fingerprint density at radius 1 is 0.366 bits per heavy atom. The second-order valence-electron chi connectivity index (χ2n) is 9.90. The van der Waals surface area contributed by atoms with E-state index in [1.54, 1.807) is 0 Å². The zero-order valence-corrected chi connectivity index (χ0v) is 24.3. The molecule has 0 aliphatic carbocycles. The largest absolute Gasteiger partial charge is 0.856 e. The molecule has 0 atom stereocenters. The van der Waals surface area contributed by atoms with E-state index in [9.17, 15) is 0 Å². The fourth-order valence-electron chi connectivity index (χ4n) is 5.16. The van der Waals surface area contributed by atoms with E-state index in [1.807, 2.05) is 24.3 Å². The predicted molar refractivity (Wildman–Crippen MR) is 172 cm³/mol. The summed E-state index contributed by atoms with van der Waals surface area (Å²) in [6, 6.07) is 54.6. The molecular formula is C38H31AlO2. The Hall–Kier alpha value is -4.55. The van der Waals surface area contributed by atoms with Crippen molar-refractivity contribution in [2.45, 2.75) is 12.2 Å². The van der Waals surface area contributed by atoms with Gasteiger partial charge in [-0.05, 0) is 27.5 Å². The van der Waals surface area contributed by atoms with E-state index < -0.39 is 14.8 Å². The van der Waals surface area contributed by atoms with Crippen molar-refractivity contribution in [3.8, 4) is 56.0 Å². The average molecular weight is 547 g/mol. The molecular weight excluding hydrogens is 515 g/mol. The molecule has 0 heterocycles. The van der Waals surface area contributed by atoms with Crippen LogP contribution in [-0.2, 0) is 0 Å². The van der Waals surface area contributed by atoms with Gasteiger partial charge in [0.1, 0.15) is 0 Å². The van der Waals surface area contributed by atoms with Crippen LogP contribution in [0.25, 0.3) is 44.5 Å². The third-order valence-electron chi connectivity index (χ3n) is 7.20. The van der Waals surface area contributed by atoms with Gasteiger partial charge in [-0.3, -0.25) is 0 Å². The van der Waals surface area contributed by atoms with Crippen molar-refractivity contribution in [3.63, 3.8) is 0 Å². The van der Waals surface area contributed by atoms with Gasteiger partial charge < -0.3 is 7.58 Å². The first-order chi connectivity index (χ1) is 20.3. The van der Waals surface area contributed by atoms with Gasteiger partial charge in [-0.25, -0.2) is 0 Å². The maximum Gasteiger partial charge on any atom is 0.856 e. The molecule has 3 heteroatoms. The van der Waals surface area contributed by atoms with E-state index in [-0.39, 0.29) is 0 Å². The van der Waals surface area contributed by atoms with Gasteiger partial charge in [-0.15, -0.1) is 0 Å². The van der Waals surface area contributed by atoms with E-state index in [2.05, 4.69) is 140 Å². The lowest BCUT2D eigenvalue weighted by Crippen LogP contribution is -2.29. The topological polar surface area (TPSA) is 18.5 Å². The highest BCUT2D eigenvalue weighted by Gasteiger charge is 2.34. The Balaban J connectivity index is 1.46. The highest BCUT2D eigenvalue weighted by atomic mass is 27.2. The maximum absolute atomic E-state index is 7.04. The Labute approximate surface area is 247 Å². The number of hydrogen-bond acceptors (Lipinski definition) is 2. The second kappa shape index (κ2) is 12.7. The Morgan fingerprint density at radius 2 is 0.634 bits per heavy atom. The van der Waals surface area contributed by atoms with Crippen molar-refractivity contribution in [1.82, 2.24) is 0 Å². The van der Waals surface area contributed by atoms with Crippen LogP contribution in [-0.4, -0.2) is 14.8 Å². The van der Waals surface area contributed by atoms with E-state index in [4.69, 9.17) is 7.58 Å². The number of para-hydroxylation sites is 2. The molecule has 0 fully saturated rings. The molecule has 0 aliphatic heterocycles. The van der Waals surface area contributed by atoms with E-state index in [1.165, 1.54) is 0 Å². The Kier molecular flexibility index (Phi) is 8.29. The van der Waals surface area contributed by atoms with Gasteiger partial charge in [0.2, 0.25) is 0 Å². The van der Waals surface area contributed by atoms with Crippen LogP contribution < -0.4 is 7.58 Å². The fourth-order valence-corrected chi connectivity index (χ4v) is 6.58. The third kappa shape index (κ3) is 5.98. The van der Waals surface area contributed by atoms with Gasteiger partial charge in [0.05, 0.1) is 11.5 Å². The summed E-state index contributed by atoms with van der Waals surface area (Å²) in [7, 11) is 0. The fraction of sp³-hybridized carbons (Fsp3) is 0.0526. The molecule has 0 spiro atoms. The minimum absolute atomic E-state index is 0.800. The zero-order valence-electron chi connectivity index (χ0n) is 23.1. The summed E-state index contributed by atoms with van der Waals surface area (Å²) >= 11 is -2.27. The molecule has 6 aromatic carbocycles. The lowest BCUT2D eigenvalue weighted by Gasteiger charge is -2.24. The maximum atomic E-state index is 7.04. The highest BCUT2D eigenvalue weighted by Crippen LogP contribution is 2.42. The molecule has 41 heavy (non-hydrogen) atoms. The monoisotopic (exact) mass is 546 g/mol. The molecule has 0 saturated heterocycles. The molecule has 198 valence electrons. The van der Waals surface area contributed by atoms with Crippen molar-refractivity contribution in [1.29, 1.82) is 0 Å². The first kappa shape index (κ1) is 26.7. The molecule has 0 amide bonds. The summed E-state index contributed by atoms with van der Waals surface area (Å²) in [4.78, 5) is 0. The van der Waals surface area contributed by atoms with Crippen LogP contribution in [0.15, 0.2) is 158 Å². The Morgan fingerprint density at radius 3 is 0.878 bits per heavy atom. The van der Waals surface area contributed by atoms with Crippen LogP contribution in [0, 0.1) is 0 Å². The van der Waals surface area contributed by atoms with Crippen molar-refractivity contribution in [2.75, 3.05) is 0 Å². The van der Waals surface area contributed by atoms with E-state index >= 15 is 0 Å². The second-order valence-corrected chi connectivity index (χ2v) is 12.0. The van der Waals surface area contributed by atoms with Gasteiger partial charge in [0.15, 0.2) is 0 Å². The van der Waals surface area contributed by atoms with Gasteiger partial charge in [-0.2, -0.15) is 0 Å². The van der Waals surface area contributed by atoms with Crippen LogP contribution in [0.3, 0.4) is 0 Å². The van der Waals surface area contributed by atoms with Crippen molar-refractivity contribution in [3.05, 3.63) is 158 Å². The molecule has 2 nitrogen and oxygen atoms in total. The zero-order chi connectivity index (χ0) is 27.9. The molecule has 0 unspecified atom stereocenters. The standard InChI is InChI=1S/2C18H14O.C2H5.Al/c2*19-18-16(14-8-3-1-4-9-14)12-7-13-17(18)15-10-5-2-6-11-15;1-2;/h2*1-13,19H;1H2,2H3;/q;;;+2/p-2. The highest BCUT2D eigenvalue weighted by molar-refractivity contribution is 6.46. The molecule has 0 bridgehead atoms. The van der Waals surface area contributed by atoms with Crippen LogP contribution in [0.1, 0.15) is 6.92 Å². The summed E-state index contributed by atoms with van der Waals surface area (Å²) in [5.41, 5.74) is 8.78. The summed E-state index contributed by atoms with van der Waals surface area (Å²) in [6.07, 6.45) is 0. The van der Waals surface area contributed by atoms with Crippen LogP contribution in [0.2, 0.25) is 5.28 Å². The van der Waals surface area contributed by atoms with Crippen molar-refractivity contribution >= 4 is 14.8 Å². The summed E-state index contributed by atoms with van der Waals surface area (Å²) in [5, 5.41) is 0.800. The SMILES string of the molecule is C[CH2][Al]([O]c1c(-c2ccccc2)cccc1-c1ccccc1)[O]c1c(-c2ccccc2)cccc1-c1ccccc1.